The Morgan fingerprint density at radius 2 is 2.17 bits per heavy atom. The van der Waals surface area contributed by atoms with Crippen LogP contribution in [0.1, 0.15) is 25.8 Å². The second-order valence-corrected chi connectivity index (χ2v) is 5.86. The van der Waals surface area contributed by atoms with Crippen LogP contribution in [0.15, 0.2) is 23.1 Å². The highest BCUT2D eigenvalue weighted by Crippen LogP contribution is 2.23. The maximum Gasteiger partial charge on any atom is 0.230 e. The Bertz CT molecular complexity index is 405. The molecule has 0 atom stereocenters. The summed E-state index contributed by atoms with van der Waals surface area (Å²) in [4.78, 5) is 12.7. The van der Waals surface area contributed by atoms with Gasteiger partial charge in [0.05, 0.1) is 5.75 Å². The lowest BCUT2D eigenvalue weighted by atomic mass is 10.1. The number of nitrogens with one attached hydrogen (secondary N) is 1. The van der Waals surface area contributed by atoms with Gasteiger partial charge >= 0.3 is 0 Å². The number of thioether (sulfide) groups is 1. The highest BCUT2D eigenvalue weighted by atomic mass is 32.2. The van der Waals surface area contributed by atoms with Crippen LogP contribution >= 0.6 is 11.8 Å². The molecule has 100 valence electrons. The Morgan fingerprint density at radius 3 is 2.78 bits per heavy atom. The summed E-state index contributed by atoms with van der Waals surface area (Å²) in [6.07, 6.45) is 1.03. The number of nitrogens with two attached hydrogens (primary N) is 1. The number of carbonyl (C=O) groups is 1. The van der Waals surface area contributed by atoms with Gasteiger partial charge in [0.1, 0.15) is 0 Å². The van der Waals surface area contributed by atoms with Crippen molar-refractivity contribution in [3.63, 3.8) is 0 Å². The van der Waals surface area contributed by atoms with Gasteiger partial charge in [0.15, 0.2) is 0 Å². The summed E-state index contributed by atoms with van der Waals surface area (Å²) >= 11 is 1.56. The molecule has 0 aliphatic carbocycles. The van der Waals surface area contributed by atoms with Gasteiger partial charge < -0.3 is 11.1 Å². The molecule has 4 heteroatoms. The maximum absolute atomic E-state index is 11.6. The first-order valence-electron chi connectivity index (χ1n) is 6.24. The third kappa shape index (κ3) is 5.45. The topological polar surface area (TPSA) is 55.1 Å². The number of carbonyl (C=O) groups excluding carboxylic acids is 1. The summed E-state index contributed by atoms with van der Waals surface area (Å²) < 4.78 is 0. The van der Waals surface area contributed by atoms with E-state index in [0.717, 1.165) is 29.1 Å². The van der Waals surface area contributed by atoms with Gasteiger partial charge in [0, 0.05) is 17.1 Å². The van der Waals surface area contributed by atoms with Gasteiger partial charge in [-0.25, -0.2) is 0 Å². The van der Waals surface area contributed by atoms with Crippen LogP contribution in [0.4, 0.5) is 5.69 Å². The van der Waals surface area contributed by atoms with Crippen LogP contribution in [-0.2, 0) is 4.79 Å². The lowest BCUT2D eigenvalue weighted by Crippen LogP contribution is -2.26. The molecular weight excluding hydrogens is 244 g/mol. The second-order valence-electron chi connectivity index (χ2n) is 4.85. The van der Waals surface area contributed by atoms with E-state index in [1.165, 1.54) is 0 Å². The van der Waals surface area contributed by atoms with E-state index in [-0.39, 0.29) is 5.91 Å². The minimum Gasteiger partial charge on any atom is -0.399 e. The fourth-order valence-electron chi connectivity index (χ4n) is 1.53. The summed E-state index contributed by atoms with van der Waals surface area (Å²) in [6.45, 7) is 7.07. The molecule has 0 saturated carbocycles. The Balaban J connectivity index is 2.33. The zero-order chi connectivity index (χ0) is 13.5. The number of benzene rings is 1. The summed E-state index contributed by atoms with van der Waals surface area (Å²) in [5, 5.41) is 2.93. The number of aryl methyl sites for hydroxylation is 1. The fraction of sp³-hybridized carbons (Fsp3) is 0.500. The van der Waals surface area contributed by atoms with Crippen LogP contribution in [0.5, 0.6) is 0 Å². The normalized spacial score (nSPS) is 10.7. The predicted molar refractivity (Wildman–Crippen MR) is 78.8 cm³/mol. The number of anilines is 1. The van der Waals surface area contributed by atoms with Crippen molar-refractivity contribution < 1.29 is 4.79 Å². The van der Waals surface area contributed by atoms with E-state index in [9.17, 15) is 4.79 Å². The zero-order valence-corrected chi connectivity index (χ0v) is 12.1. The minimum absolute atomic E-state index is 0.0943. The molecule has 1 aromatic rings. The highest BCUT2D eigenvalue weighted by molar-refractivity contribution is 8.00. The second kappa shape index (κ2) is 7.31. The van der Waals surface area contributed by atoms with E-state index in [4.69, 9.17) is 5.73 Å². The highest BCUT2D eigenvalue weighted by Gasteiger charge is 2.05. The SMILES string of the molecule is Cc1cc(N)ccc1SCC(=O)NCCC(C)C. The zero-order valence-electron chi connectivity index (χ0n) is 11.3. The van der Waals surface area contributed by atoms with E-state index in [0.29, 0.717) is 11.7 Å². The van der Waals surface area contributed by atoms with Crippen molar-refractivity contribution in [3.05, 3.63) is 23.8 Å². The van der Waals surface area contributed by atoms with Crippen molar-refractivity contribution in [1.82, 2.24) is 5.32 Å². The van der Waals surface area contributed by atoms with Gasteiger partial charge in [-0.15, -0.1) is 11.8 Å². The minimum atomic E-state index is 0.0943. The number of amides is 1. The Morgan fingerprint density at radius 1 is 1.44 bits per heavy atom. The quantitative estimate of drug-likeness (QED) is 0.615. The van der Waals surface area contributed by atoms with Crippen LogP contribution < -0.4 is 11.1 Å². The summed E-state index contributed by atoms with van der Waals surface area (Å²) in [5.41, 5.74) is 7.57. The lowest BCUT2D eigenvalue weighted by molar-refractivity contribution is -0.118. The van der Waals surface area contributed by atoms with E-state index < -0.39 is 0 Å². The molecule has 0 bridgehead atoms. The third-order valence-electron chi connectivity index (χ3n) is 2.60. The summed E-state index contributed by atoms with van der Waals surface area (Å²) in [6, 6.07) is 5.77. The molecule has 3 N–H and O–H groups in total. The van der Waals surface area contributed by atoms with Gasteiger partial charge in [0.2, 0.25) is 5.91 Å². The Labute approximate surface area is 114 Å². The molecular formula is C14H22N2OS. The first-order chi connectivity index (χ1) is 8.49. The van der Waals surface area contributed by atoms with Crippen LogP contribution in [0.3, 0.4) is 0 Å². The molecule has 1 aromatic carbocycles. The molecule has 18 heavy (non-hydrogen) atoms. The number of hydrogen-bond acceptors (Lipinski definition) is 3. The molecule has 0 aliphatic heterocycles. The van der Waals surface area contributed by atoms with Gasteiger partial charge in [-0.3, -0.25) is 4.79 Å². The first-order valence-corrected chi connectivity index (χ1v) is 7.23. The molecule has 1 rings (SSSR count). The van der Waals surface area contributed by atoms with E-state index in [2.05, 4.69) is 19.2 Å². The fourth-order valence-corrected chi connectivity index (χ4v) is 2.37. The molecule has 0 saturated heterocycles. The van der Waals surface area contributed by atoms with Gasteiger partial charge in [-0.05, 0) is 43.0 Å². The standard InChI is InChI=1S/C14H22N2OS/c1-10(2)6-7-16-14(17)9-18-13-5-4-12(15)8-11(13)3/h4-5,8,10H,6-7,9,15H2,1-3H3,(H,16,17). The first kappa shape index (κ1) is 14.9. The van der Waals surface area contributed by atoms with Crippen LogP contribution in [-0.4, -0.2) is 18.2 Å². The van der Waals surface area contributed by atoms with Crippen molar-refractivity contribution in [3.8, 4) is 0 Å². The third-order valence-corrected chi connectivity index (χ3v) is 3.78. The molecule has 3 nitrogen and oxygen atoms in total. The van der Waals surface area contributed by atoms with E-state index in [1.807, 2.05) is 25.1 Å². The predicted octanol–water partition coefficient (Wildman–Crippen LogP) is 2.83. The molecule has 0 radical (unpaired) electrons. The van der Waals surface area contributed by atoms with E-state index >= 15 is 0 Å². The number of hydrogen-bond donors (Lipinski definition) is 2. The lowest BCUT2D eigenvalue weighted by Gasteiger charge is -2.08. The van der Waals surface area contributed by atoms with Crippen LogP contribution in [0.25, 0.3) is 0 Å². The maximum atomic E-state index is 11.6. The summed E-state index contributed by atoms with van der Waals surface area (Å²) in [5.74, 6) is 1.18. The molecule has 0 aliphatic rings. The van der Waals surface area contributed by atoms with Gasteiger partial charge in [-0.1, -0.05) is 13.8 Å². The van der Waals surface area contributed by atoms with Crippen molar-refractivity contribution >= 4 is 23.4 Å². The van der Waals surface area contributed by atoms with Crippen molar-refractivity contribution in [2.75, 3.05) is 18.0 Å². The smallest absolute Gasteiger partial charge is 0.230 e. The molecule has 0 unspecified atom stereocenters. The van der Waals surface area contributed by atoms with Crippen molar-refractivity contribution in [1.29, 1.82) is 0 Å². The Hall–Kier alpha value is -1.16. The van der Waals surface area contributed by atoms with Crippen molar-refractivity contribution in [2.45, 2.75) is 32.1 Å². The van der Waals surface area contributed by atoms with Crippen LogP contribution in [0.2, 0.25) is 0 Å². The van der Waals surface area contributed by atoms with Gasteiger partial charge in [-0.2, -0.15) is 0 Å². The monoisotopic (exact) mass is 266 g/mol. The summed E-state index contributed by atoms with van der Waals surface area (Å²) in [7, 11) is 0. The molecule has 0 spiro atoms. The average molecular weight is 266 g/mol. The Kier molecular flexibility index (Phi) is 6.05. The molecule has 0 fully saturated rings. The van der Waals surface area contributed by atoms with Crippen LogP contribution in [0, 0.1) is 12.8 Å². The number of rotatable bonds is 6. The average Bonchev–Trinajstić information content (AvgIpc) is 2.27. The molecule has 1 amide bonds. The molecule has 0 aromatic heterocycles. The van der Waals surface area contributed by atoms with E-state index in [1.54, 1.807) is 11.8 Å². The van der Waals surface area contributed by atoms with Crippen molar-refractivity contribution in [2.24, 2.45) is 5.92 Å². The van der Waals surface area contributed by atoms with Gasteiger partial charge in [0.25, 0.3) is 0 Å². The number of nitrogen functional groups attached to an aromatic ring is 1. The largest absolute Gasteiger partial charge is 0.399 e. The molecule has 0 heterocycles.